The Bertz CT molecular complexity index is 68.6. The van der Waals surface area contributed by atoms with Gasteiger partial charge in [-0.05, 0) is 12.2 Å². The maximum Gasteiger partial charge on any atom is 0.0547 e. The number of rotatable bonds is 6. The molecule has 0 bridgehead atoms. The monoisotopic (exact) mass is 164 g/mol. The van der Waals surface area contributed by atoms with Gasteiger partial charge in [-0.25, -0.2) is 0 Å². The van der Waals surface area contributed by atoms with Crippen LogP contribution >= 0.6 is 11.8 Å². The van der Waals surface area contributed by atoms with Gasteiger partial charge in [-0.2, -0.15) is 11.8 Å². The van der Waals surface area contributed by atoms with Crippen molar-refractivity contribution in [2.75, 3.05) is 26.1 Å². The van der Waals surface area contributed by atoms with E-state index in [0.29, 0.717) is 5.25 Å². The van der Waals surface area contributed by atoms with Gasteiger partial charge in [-0.1, -0.05) is 6.92 Å². The van der Waals surface area contributed by atoms with Crippen molar-refractivity contribution in [2.45, 2.75) is 18.6 Å². The van der Waals surface area contributed by atoms with E-state index < -0.39 is 0 Å². The molecule has 3 heteroatoms. The molecule has 0 aromatic rings. The van der Waals surface area contributed by atoms with Crippen LogP contribution in [-0.4, -0.2) is 36.4 Å². The van der Waals surface area contributed by atoms with Crippen molar-refractivity contribution in [1.82, 2.24) is 0 Å². The molecule has 0 aliphatic carbocycles. The van der Waals surface area contributed by atoms with Crippen LogP contribution in [0, 0.1) is 0 Å². The first-order chi connectivity index (χ1) is 4.81. The van der Waals surface area contributed by atoms with Crippen LogP contribution in [0.2, 0.25) is 0 Å². The van der Waals surface area contributed by atoms with Crippen molar-refractivity contribution >= 4 is 11.8 Å². The van der Waals surface area contributed by atoms with Crippen LogP contribution in [0.3, 0.4) is 0 Å². The summed E-state index contributed by atoms with van der Waals surface area (Å²) in [7, 11) is 1.71. The Morgan fingerprint density at radius 1 is 1.60 bits per heavy atom. The Morgan fingerprint density at radius 2 is 2.30 bits per heavy atom. The highest BCUT2D eigenvalue weighted by Crippen LogP contribution is 2.09. The van der Waals surface area contributed by atoms with E-state index in [1.165, 1.54) is 0 Å². The molecular formula is C7H16O2S. The average molecular weight is 164 g/mol. The van der Waals surface area contributed by atoms with Gasteiger partial charge in [-0.3, -0.25) is 0 Å². The van der Waals surface area contributed by atoms with Crippen LogP contribution in [0.15, 0.2) is 0 Å². The third-order valence-electron chi connectivity index (χ3n) is 1.15. The molecular weight excluding hydrogens is 148 g/mol. The first-order valence-corrected chi connectivity index (χ1v) is 4.57. The maximum absolute atomic E-state index is 8.64. The molecule has 0 rings (SSSR count). The van der Waals surface area contributed by atoms with E-state index in [2.05, 4.69) is 0 Å². The summed E-state index contributed by atoms with van der Waals surface area (Å²) in [6.45, 7) is 3.13. The molecule has 1 N–H and O–H groups in total. The van der Waals surface area contributed by atoms with Gasteiger partial charge in [0.2, 0.25) is 0 Å². The quantitative estimate of drug-likeness (QED) is 0.597. The predicted molar refractivity (Wildman–Crippen MR) is 45.5 cm³/mol. The molecule has 0 saturated heterocycles. The molecule has 0 amide bonds. The zero-order valence-electron chi connectivity index (χ0n) is 6.67. The summed E-state index contributed by atoms with van der Waals surface area (Å²) in [5.41, 5.74) is 0. The van der Waals surface area contributed by atoms with Gasteiger partial charge in [0.05, 0.1) is 6.61 Å². The van der Waals surface area contributed by atoms with Gasteiger partial charge in [0, 0.05) is 19.0 Å². The second-order valence-corrected chi connectivity index (χ2v) is 3.76. The lowest BCUT2D eigenvalue weighted by molar-refractivity contribution is 0.200. The highest BCUT2D eigenvalue weighted by Gasteiger charge is 1.97. The Labute approximate surface area is 67.0 Å². The van der Waals surface area contributed by atoms with E-state index in [1.807, 2.05) is 6.92 Å². The zero-order valence-corrected chi connectivity index (χ0v) is 7.49. The van der Waals surface area contributed by atoms with Crippen LogP contribution in [0.5, 0.6) is 0 Å². The first-order valence-electron chi connectivity index (χ1n) is 3.52. The fraction of sp³-hybridized carbons (Fsp3) is 1.00. The molecule has 62 valence electrons. The minimum Gasteiger partial charge on any atom is -0.395 e. The minimum absolute atomic E-state index is 0.275. The number of hydrogen-bond donors (Lipinski definition) is 1. The first kappa shape index (κ1) is 10.3. The summed E-state index contributed by atoms with van der Waals surface area (Å²) in [6, 6.07) is 0. The van der Waals surface area contributed by atoms with Crippen LogP contribution in [0.1, 0.15) is 13.3 Å². The summed E-state index contributed by atoms with van der Waals surface area (Å²) in [4.78, 5) is 0. The second kappa shape index (κ2) is 7.38. The van der Waals surface area contributed by atoms with E-state index in [1.54, 1.807) is 18.9 Å². The molecule has 0 aromatic carbocycles. The number of hydrogen-bond acceptors (Lipinski definition) is 3. The average Bonchev–Trinajstić information content (AvgIpc) is 1.98. The summed E-state index contributed by atoms with van der Waals surface area (Å²) in [6.07, 6.45) is 1.07. The Morgan fingerprint density at radius 3 is 2.80 bits per heavy atom. The van der Waals surface area contributed by atoms with Gasteiger partial charge in [0.1, 0.15) is 0 Å². The standard InChI is InChI=1S/C7H16O2S/c1-7(6-8)10-5-3-4-9-2/h7-8H,3-6H2,1-2H3. The van der Waals surface area contributed by atoms with Gasteiger partial charge in [-0.15, -0.1) is 0 Å². The highest BCUT2D eigenvalue weighted by molar-refractivity contribution is 7.99. The topological polar surface area (TPSA) is 29.5 Å². The second-order valence-electron chi connectivity index (χ2n) is 2.21. The molecule has 0 aromatic heterocycles. The Kier molecular flexibility index (Phi) is 7.58. The van der Waals surface area contributed by atoms with Crippen molar-refractivity contribution in [1.29, 1.82) is 0 Å². The Hall–Kier alpha value is 0.270. The maximum atomic E-state index is 8.64. The smallest absolute Gasteiger partial charge is 0.0547 e. The SMILES string of the molecule is COCCCSC(C)CO. The fourth-order valence-electron chi connectivity index (χ4n) is 0.540. The summed E-state index contributed by atoms with van der Waals surface area (Å²) in [5, 5.41) is 9.01. The minimum atomic E-state index is 0.275. The molecule has 1 unspecified atom stereocenters. The Balaban J connectivity index is 2.89. The largest absolute Gasteiger partial charge is 0.395 e. The van der Waals surface area contributed by atoms with Crippen molar-refractivity contribution in [3.63, 3.8) is 0 Å². The van der Waals surface area contributed by atoms with Crippen molar-refractivity contribution < 1.29 is 9.84 Å². The molecule has 0 fully saturated rings. The van der Waals surface area contributed by atoms with Crippen LogP contribution in [-0.2, 0) is 4.74 Å². The molecule has 0 saturated carbocycles. The third kappa shape index (κ3) is 6.39. The zero-order chi connectivity index (χ0) is 7.82. The molecule has 0 aliphatic heterocycles. The molecule has 2 nitrogen and oxygen atoms in total. The van der Waals surface area contributed by atoms with Crippen molar-refractivity contribution in [3.8, 4) is 0 Å². The van der Waals surface area contributed by atoms with E-state index in [4.69, 9.17) is 9.84 Å². The lowest BCUT2D eigenvalue weighted by atomic mass is 10.5. The summed E-state index contributed by atoms with van der Waals surface area (Å²) >= 11 is 1.79. The van der Waals surface area contributed by atoms with Gasteiger partial charge in [0.25, 0.3) is 0 Å². The molecule has 0 radical (unpaired) electrons. The van der Waals surface area contributed by atoms with Gasteiger partial charge >= 0.3 is 0 Å². The normalized spacial score (nSPS) is 13.5. The van der Waals surface area contributed by atoms with E-state index in [0.717, 1.165) is 18.8 Å². The van der Waals surface area contributed by atoms with E-state index in [-0.39, 0.29) is 6.61 Å². The number of ether oxygens (including phenoxy) is 1. The van der Waals surface area contributed by atoms with E-state index in [9.17, 15) is 0 Å². The van der Waals surface area contributed by atoms with E-state index >= 15 is 0 Å². The number of aliphatic hydroxyl groups excluding tert-OH is 1. The highest BCUT2D eigenvalue weighted by atomic mass is 32.2. The van der Waals surface area contributed by atoms with Crippen molar-refractivity contribution in [2.24, 2.45) is 0 Å². The van der Waals surface area contributed by atoms with Crippen LogP contribution < -0.4 is 0 Å². The van der Waals surface area contributed by atoms with Crippen LogP contribution in [0.4, 0.5) is 0 Å². The molecule has 0 spiro atoms. The fourth-order valence-corrected chi connectivity index (χ4v) is 1.33. The van der Waals surface area contributed by atoms with Crippen molar-refractivity contribution in [3.05, 3.63) is 0 Å². The van der Waals surface area contributed by atoms with Crippen LogP contribution in [0.25, 0.3) is 0 Å². The molecule has 10 heavy (non-hydrogen) atoms. The lowest BCUT2D eigenvalue weighted by Crippen LogP contribution is -2.03. The number of thioether (sulfide) groups is 1. The molecule has 1 atom stereocenters. The predicted octanol–water partition coefficient (Wildman–Crippen LogP) is 1.14. The lowest BCUT2D eigenvalue weighted by Gasteiger charge is -2.05. The number of methoxy groups -OCH3 is 1. The third-order valence-corrected chi connectivity index (χ3v) is 2.39. The summed E-state index contributed by atoms with van der Waals surface area (Å²) in [5.74, 6) is 1.08. The summed E-state index contributed by atoms with van der Waals surface area (Å²) < 4.78 is 4.88. The van der Waals surface area contributed by atoms with Gasteiger partial charge < -0.3 is 9.84 Å². The number of aliphatic hydroxyl groups is 1. The molecule has 0 heterocycles. The molecule has 0 aliphatic rings. The van der Waals surface area contributed by atoms with Gasteiger partial charge in [0.15, 0.2) is 0 Å².